The van der Waals surface area contributed by atoms with E-state index in [0.717, 1.165) is 5.56 Å². The fourth-order valence-corrected chi connectivity index (χ4v) is 2.54. The Kier molecular flexibility index (Phi) is 3.79. The van der Waals surface area contributed by atoms with Crippen LogP contribution in [0.3, 0.4) is 0 Å². The second-order valence-corrected chi connectivity index (χ2v) is 5.44. The summed E-state index contributed by atoms with van der Waals surface area (Å²) in [5.41, 5.74) is 1.11. The molecule has 6 nitrogen and oxygen atoms in total. The topological polar surface area (TPSA) is 70.1 Å². The average molecular weight is 290 g/mol. The second-order valence-electron chi connectivity index (χ2n) is 5.44. The van der Waals surface area contributed by atoms with Gasteiger partial charge in [0, 0.05) is 6.54 Å². The van der Waals surface area contributed by atoms with Gasteiger partial charge in [-0.3, -0.25) is 0 Å². The van der Waals surface area contributed by atoms with Crippen LogP contribution in [0, 0.1) is 0 Å². The third-order valence-electron chi connectivity index (χ3n) is 4.00. The van der Waals surface area contributed by atoms with Crippen LogP contribution in [0.4, 0.5) is 4.79 Å². The van der Waals surface area contributed by atoms with Gasteiger partial charge in [0.05, 0.1) is 25.8 Å². The minimum Gasteiger partial charge on any atom is -0.480 e. The number of carboxylic acid groups (broad SMARTS) is 1. The standard InChI is InChI=1S/C15H18N2O4/c18-14(19)13-6-7-17(13)15(20)16-8-12(9-16)21-10-11-4-2-1-3-5-11/h1-5,12-13H,6-10H2,(H,18,19)/t13-/m0/s1. The van der Waals surface area contributed by atoms with E-state index in [1.54, 1.807) is 4.90 Å². The predicted molar refractivity (Wildman–Crippen MR) is 74.7 cm³/mol. The van der Waals surface area contributed by atoms with Crippen LogP contribution in [0.15, 0.2) is 30.3 Å². The zero-order chi connectivity index (χ0) is 14.8. The van der Waals surface area contributed by atoms with Gasteiger partial charge in [-0.25, -0.2) is 9.59 Å². The number of benzene rings is 1. The highest BCUT2D eigenvalue weighted by atomic mass is 16.5. The second kappa shape index (κ2) is 5.73. The number of hydrogen-bond acceptors (Lipinski definition) is 3. The van der Waals surface area contributed by atoms with Crippen molar-refractivity contribution in [2.24, 2.45) is 0 Å². The zero-order valence-corrected chi connectivity index (χ0v) is 11.6. The molecule has 1 aromatic rings. The normalized spacial score (nSPS) is 21.6. The summed E-state index contributed by atoms with van der Waals surface area (Å²) in [7, 11) is 0. The molecule has 21 heavy (non-hydrogen) atoms. The van der Waals surface area contributed by atoms with Gasteiger partial charge in [0.1, 0.15) is 6.04 Å². The Labute approximate surface area is 122 Å². The number of hydrogen-bond donors (Lipinski definition) is 1. The van der Waals surface area contributed by atoms with Crippen molar-refractivity contribution in [3.8, 4) is 0 Å². The first-order chi connectivity index (χ1) is 10.1. The summed E-state index contributed by atoms with van der Waals surface area (Å²) >= 11 is 0. The summed E-state index contributed by atoms with van der Waals surface area (Å²) < 4.78 is 5.72. The van der Waals surface area contributed by atoms with Crippen molar-refractivity contribution in [2.45, 2.75) is 25.2 Å². The van der Waals surface area contributed by atoms with E-state index >= 15 is 0 Å². The summed E-state index contributed by atoms with van der Waals surface area (Å²) in [5.74, 6) is -0.924. The van der Waals surface area contributed by atoms with Crippen LogP contribution in [-0.4, -0.2) is 58.7 Å². The van der Waals surface area contributed by atoms with E-state index in [4.69, 9.17) is 9.84 Å². The summed E-state index contributed by atoms with van der Waals surface area (Å²) in [6, 6.07) is 9.04. The molecule has 1 aromatic carbocycles. The van der Waals surface area contributed by atoms with Crippen molar-refractivity contribution in [1.82, 2.24) is 9.80 Å². The number of ether oxygens (including phenoxy) is 1. The molecule has 1 N–H and O–H groups in total. The van der Waals surface area contributed by atoms with Gasteiger partial charge < -0.3 is 19.6 Å². The first-order valence-corrected chi connectivity index (χ1v) is 7.09. The van der Waals surface area contributed by atoms with Crippen molar-refractivity contribution in [1.29, 1.82) is 0 Å². The molecular formula is C15H18N2O4. The number of carboxylic acids is 1. The van der Waals surface area contributed by atoms with E-state index in [0.29, 0.717) is 32.7 Å². The summed E-state index contributed by atoms with van der Waals surface area (Å²) in [4.78, 5) is 26.0. The molecule has 3 rings (SSSR count). The van der Waals surface area contributed by atoms with Crippen LogP contribution in [0.5, 0.6) is 0 Å². The lowest BCUT2D eigenvalue weighted by atomic mass is 10.0. The number of rotatable bonds is 4. The third-order valence-corrected chi connectivity index (χ3v) is 4.00. The fourth-order valence-electron chi connectivity index (χ4n) is 2.54. The lowest BCUT2D eigenvalue weighted by molar-refractivity contribution is -0.146. The molecule has 0 spiro atoms. The number of nitrogens with zero attached hydrogens (tertiary/aromatic N) is 2. The molecule has 0 aromatic heterocycles. The molecule has 2 aliphatic heterocycles. The Morgan fingerprint density at radius 1 is 1.24 bits per heavy atom. The minimum absolute atomic E-state index is 0.0405. The van der Waals surface area contributed by atoms with Gasteiger partial charge in [-0.15, -0.1) is 0 Å². The molecule has 0 saturated carbocycles. The third kappa shape index (κ3) is 2.85. The van der Waals surface area contributed by atoms with Gasteiger partial charge >= 0.3 is 12.0 Å². The summed E-state index contributed by atoms with van der Waals surface area (Å²) in [6.45, 7) is 2.14. The SMILES string of the molecule is O=C(O)[C@@H]1CCN1C(=O)N1CC(OCc2ccccc2)C1. The molecule has 0 bridgehead atoms. The first-order valence-electron chi connectivity index (χ1n) is 7.09. The van der Waals surface area contributed by atoms with E-state index in [2.05, 4.69) is 0 Å². The van der Waals surface area contributed by atoms with Gasteiger partial charge in [0.25, 0.3) is 0 Å². The molecule has 1 atom stereocenters. The molecule has 0 radical (unpaired) electrons. The number of carbonyl (C=O) groups is 2. The highest BCUT2D eigenvalue weighted by Crippen LogP contribution is 2.23. The fraction of sp³-hybridized carbons (Fsp3) is 0.467. The van der Waals surface area contributed by atoms with Crippen LogP contribution in [0.2, 0.25) is 0 Å². The zero-order valence-electron chi connectivity index (χ0n) is 11.6. The maximum Gasteiger partial charge on any atom is 0.326 e. The number of aliphatic carboxylic acids is 1. The van der Waals surface area contributed by atoms with Crippen LogP contribution >= 0.6 is 0 Å². The molecular weight excluding hydrogens is 272 g/mol. The summed E-state index contributed by atoms with van der Waals surface area (Å²) in [5, 5.41) is 8.95. The molecule has 2 aliphatic rings. The molecule has 2 amide bonds. The van der Waals surface area contributed by atoms with E-state index < -0.39 is 12.0 Å². The highest BCUT2D eigenvalue weighted by Gasteiger charge is 2.42. The highest BCUT2D eigenvalue weighted by molar-refractivity contribution is 5.84. The quantitative estimate of drug-likeness (QED) is 0.903. The van der Waals surface area contributed by atoms with E-state index in [9.17, 15) is 9.59 Å². The smallest absolute Gasteiger partial charge is 0.326 e. The molecule has 0 aliphatic carbocycles. The monoisotopic (exact) mass is 290 g/mol. The van der Waals surface area contributed by atoms with Gasteiger partial charge in [0.2, 0.25) is 0 Å². The molecule has 112 valence electrons. The summed E-state index contributed by atoms with van der Waals surface area (Å²) in [6.07, 6.45) is 0.585. The van der Waals surface area contributed by atoms with E-state index in [1.165, 1.54) is 4.90 Å². The maximum absolute atomic E-state index is 12.1. The first kappa shape index (κ1) is 13.9. The van der Waals surface area contributed by atoms with Crippen LogP contribution in [-0.2, 0) is 16.1 Å². The van der Waals surface area contributed by atoms with Gasteiger partial charge in [-0.05, 0) is 12.0 Å². The van der Waals surface area contributed by atoms with Crippen molar-refractivity contribution in [2.75, 3.05) is 19.6 Å². The Hall–Kier alpha value is -2.08. The molecule has 2 heterocycles. The van der Waals surface area contributed by atoms with E-state index in [-0.39, 0.29) is 12.1 Å². The molecule has 6 heteroatoms. The van der Waals surface area contributed by atoms with Crippen molar-refractivity contribution in [3.63, 3.8) is 0 Å². The average Bonchev–Trinajstić information content (AvgIpc) is 2.36. The van der Waals surface area contributed by atoms with Gasteiger partial charge in [0.15, 0.2) is 0 Å². The lowest BCUT2D eigenvalue weighted by Gasteiger charge is -2.46. The van der Waals surface area contributed by atoms with Gasteiger partial charge in [-0.1, -0.05) is 30.3 Å². The van der Waals surface area contributed by atoms with Crippen molar-refractivity contribution < 1.29 is 19.4 Å². The van der Waals surface area contributed by atoms with E-state index in [1.807, 2.05) is 30.3 Å². The predicted octanol–water partition coefficient (Wildman–Crippen LogP) is 1.17. The maximum atomic E-state index is 12.1. The van der Waals surface area contributed by atoms with Gasteiger partial charge in [-0.2, -0.15) is 0 Å². The Morgan fingerprint density at radius 3 is 2.52 bits per heavy atom. The number of likely N-dealkylation sites (tertiary alicyclic amines) is 2. The Bertz CT molecular complexity index is 528. The van der Waals surface area contributed by atoms with Crippen LogP contribution in [0.25, 0.3) is 0 Å². The van der Waals surface area contributed by atoms with Crippen LogP contribution in [0.1, 0.15) is 12.0 Å². The number of urea groups is 1. The van der Waals surface area contributed by atoms with Crippen molar-refractivity contribution >= 4 is 12.0 Å². The Balaban J connectivity index is 1.41. The molecule has 0 unspecified atom stereocenters. The largest absolute Gasteiger partial charge is 0.480 e. The van der Waals surface area contributed by atoms with Crippen molar-refractivity contribution in [3.05, 3.63) is 35.9 Å². The number of carbonyl (C=O) groups excluding carboxylic acids is 1. The molecule has 2 fully saturated rings. The minimum atomic E-state index is -0.924. The Morgan fingerprint density at radius 2 is 1.95 bits per heavy atom. The van der Waals surface area contributed by atoms with Crippen LogP contribution < -0.4 is 0 Å². The number of amides is 2. The molecule has 2 saturated heterocycles. The lowest BCUT2D eigenvalue weighted by Crippen LogP contribution is -2.64.